The summed E-state index contributed by atoms with van der Waals surface area (Å²) in [4.78, 5) is 1.19. The molecule has 0 amide bonds. The summed E-state index contributed by atoms with van der Waals surface area (Å²) >= 11 is 11.2. The third-order valence-corrected chi connectivity index (χ3v) is 5.25. The molecule has 1 heterocycles. The molecule has 1 N–H and O–H groups in total. The Labute approximate surface area is 136 Å². The summed E-state index contributed by atoms with van der Waals surface area (Å²) in [7, 11) is 0. The topological polar surface area (TPSA) is 12.0 Å². The molecule has 1 atom stereocenters. The lowest BCUT2D eigenvalue weighted by Gasteiger charge is -2.18. The van der Waals surface area contributed by atoms with E-state index in [4.69, 9.17) is 11.6 Å². The minimum absolute atomic E-state index is 0.0947. The number of thiophene rings is 1. The Morgan fingerprint density at radius 1 is 1.40 bits per heavy atom. The molecule has 1 nitrogen and oxygen atoms in total. The highest BCUT2D eigenvalue weighted by molar-refractivity contribution is 9.10. The Bertz CT molecular complexity index is 573. The van der Waals surface area contributed by atoms with Gasteiger partial charge >= 0.3 is 0 Å². The Morgan fingerprint density at radius 2 is 2.20 bits per heavy atom. The van der Waals surface area contributed by atoms with E-state index >= 15 is 0 Å². The SMILES string of the molecule is CCCNC(Cc1cc(Cl)ccc1F)c1sccc1Br. The van der Waals surface area contributed by atoms with Crippen molar-refractivity contribution in [2.45, 2.75) is 25.8 Å². The number of hydrogen-bond acceptors (Lipinski definition) is 2. The molecule has 2 aromatic rings. The molecule has 0 aliphatic heterocycles. The smallest absolute Gasteiger partial charge is 0.126 e. The first-order chi connectivity index (χ1) is 9.61. The van der Waals surface area contributed by atoms with Crippen LogP contribution in [0.3, 0.4) is 0 Å². The Balaban J connectivity index is 2.23. The molecule has 0 saturated heterocycles. The largest absolute Gasteiger partial charge is 0.309 e. The number of benzene rings is 1. The molecule has 0 bridgehead atoms. The molecule has 1 aromatic carbocycles. The van der Waals surface area contributed by atoms with Gasteiger partial charge in [0.1, 0.15) is 5.82 Å². The zero-order valence-electron chi connectivity index (χ0n) is 11.1. The van der Waals surface area contributed by atoms with Crippen molar-refractivity contribution in [1.29, 1.82) is 0 Å². The molecule has 1 unspecified atom stereocenters. The van der Waals surface area contributed by atoms with E-state index in [-0.39, 0.29) is 11.9 Å². The minimum atomic E-state index is -0.203. The van der Waals surface area contributed by atoms with Gasteiger partial charge in [-0.2, -0.15) is 0 Å². The van der Waals surface area contributed by atoms with Gasteiger partial charge in [0.15, 0.2) is 0 Å². The first-order valence-corrected chi connectivity index (χ1v) is 8.57. The van der Waals surface area contributed by atoms with Gasteiger partial charge in [0.25, 0.3) is 0 Å². The number of halogens is 3. The van der Waals surface area contributed by atoms with Crippen LogP contribution in [0.1, 0.15) is 29.8 Å². The lowest BCUT2D eigenvalue weighted by atomic mass is 10.0. The van der Waals surface area contributed by atoms with Crippen molar-refractivity contribution < 1.29 is 4.39 Å². The molecule has 0 saturated carbocycles. The molecule has 20 heavy (non-hydrogen) atoms. The minimum Gasteiger partial charge on any atom is -0.309 e. The summed E-state index contributed by atoms with van der Waals surface area (Å²) in [5.74, 6) is -0.203. The summed E-state index contributed by atoms with van der Waals surface area (Å²) < 4.78 is 15.0. The van der Waals surface area contributed by atoms with Crippen LogP contribution in [0.15, 0.2) is 34.1 Å². The van der Waals surface area contributed by atoms with E-state index in [1.54, 1.807) is 23.5 Å². The monoisotopic (exact) mass is 375 g/mol. The van der Waals surface area contributed by atoms with Crippen LogP contribution in [0.25, 0.3) is 0 Å². The summed E-state index contributed by atoms with van der Waals surface area (Å²) in [6.07, 6.45) is 1.63. The predicted octanol–water partition coefficient (Wildman–Crippen LogP) is 5.59. The molecule has 0 fully saturated rings. The second-order valence-corrected chi connectivity index (χ2v) is 6.82. The van der Waals surface area contributed by atoms with Crippen LogP contribution in [-0.2, 0) is 6.42 Å². The van der Waals surface area contributed by atoms with Gasteiger partial charge in [0, 0.05) is 20.4 Å². The number of rotatable bonds is 6. The van der Waals surface area contributed by atoms with E-state index in [1.165, 1.54) is 10.9 Å². The number of hydrogen-bond donors (Lipinski definition) is 1. The third kappa shape index (κ3) is 4.04. The first-order valence-electron chi connectivity index (χ1n) is 6.52. The highest BCUT2D eigenvalue weighted by Gasteiger charge is 2.18. The van der Waals surface area contributed by atoms with Crippen LogP contribution in [-0.4, -0.2) is 6.54 Å². The van der Waals surface area contributed by atoms with Gasteiger partial charge < -0.3 is 5.32 Å². The zero-order chi connectivity index (χ0) is 14.5. The van der Waals surface area contributed by atoms with E-state index in [1.807, 2.05) is 11.4 Å². The van der Waals surface area contributed by atoms with Crippen LogP contribution in [0.2, 0.25) is 5.02 Å². The van der Waals surface area contributed by atoms with Gasteiger partial charge in [-0.1, -0.05) is 18.5 Å². The van der Waals surface area contributed by atoms with Gasteiger partial charge in [-0.05, 0) is 70.5 Å². The Hall–Kier alpha value is -0.420. The first kappa shape index (κ1) is 16.0. The van der Waals surface area contributed by atoms with Crippen molar-refractivity contribution in [3.05, 3.63) is 55.4 Å². The van der Waals surface area contributed by atoms with Crippen LogP contribution < -0.4 is 5.32 Å². The average Bonchev–Trinajstić information content (AvgIpc) is 2.84. The van der Waals surface area contributed by atoms with Crippen LogP contribution in [0, 0.1) is 5.82 Å². The molecule has 0 aliphatic carbocycles. The predicted molar refractivity (Wildman–Crippen MR) is 88.2 cm³/mol. The normalized spacial score (nSPS) is 12.6. The maximum Gasteiger partial charge on any atom is 0.126 e. The van der Waals surface area contributed by atoms with Gasteiger partial charge in [-0.25, -0.2) is 4.39 Å². The second-order valence-electron chi connectivity index (χ2n) is 4.58. The quantitative estimate of drug-likeness (QED) is 0.693. The molecule has 0 aliphatic rings. The van der Waals surface area contributed by atoms with E-state index in [2.05, 4.69) is 28.2 Å². The fourth-order valence-electron chi connectivity index (χ4n) is 2.05. The summed E-state index contributed by atoms with van der Waals surface area (Å²) in [5.41, 5.74) is 0.645. The van der Waals surface area contributed by atoms with Crippen molar-refractivity contribution in [3.8, 4) is 0 Å². The fraction of sp³-hybridized carbons (Fsp3) is 0.333. The van der Waals surface area contributed by atoms with Crippen molar-refractivity contribution in [2.24, 2.45) is 0 Å². The molecular formula is C15H16BrClFNS. The molecule has 5 heteroatoms. The maximum atomic E-state index is 13.9. The van der Waals surface area contributed by atoms with Crippen LogP contribution in [0.4, 0.5) is 4.39 Å². The van der Waals surface area contributed by atoms with Crippen molar-refractivity contribution in [1.82, 2.24) is 5.32 Å². The summed E-state index contributed by atoms with van der Waals surface area (Å²) in [6, 6.07) is 6.83. The van der Waals surface area contributed by atoms with Crippen LogP contribution >= 0.6 is 38.9 Å². The zero-order valence-corrected chi connectivity index (χ0v) is 14.3. The van der Waals surface area contributed by atoms with E-state index in [0.29, 0.717) is 17.0 Å². The van der Waals surface area contributed by atoms with Crippen LogP contribution in [0.5, 0.6) is 0 Å². The molecule has 2 rings (SSSR count). The number of nitrogens with one attached hydrogen (secondary N) is 1. The highest BCUT2D eigenvalue weighted by Crippen LogP contribution is 2.32. The van der Waals surface area contributed by atoms with E-state index < -0.39 is 0 Å². The molecular weight excluding hydrogens is 361 g/mol. The molecule has 0 radical (unpaired) electrons. The fourth-order valence-corrected chi connectivity index (χ4v) is 3.97. The third-order valence-electron chi connectivity index (χ3n) is 3.03. The molecule has 1 aromatic heterocycles. The standard InChI is InChI=1S/C15H16BrClFNS/c1-2-6-19-14(15-12(16)5-7-20-15)9-10-8-11(17)3-4-13(10)18/h3-5,7-8,14,19H,2,6,9H2,1H3. The van der Waals surface area contributed by atoms with Gasteiger partial charge in [-0.15, -0.1) is 11.3 Å². The average molecular weight is 377 g/mol. The molecule has 108 valence electrons. The van der Waals surface area contributed by atoms with E-state index in [0.717, 1.165) is 17.4 Å². The molecule has 0 spiro atoms. The lowest BCUT2D eigenvalue weighted by Crippen LogP contribution is -2.24. The van der Waals surface area contributed by atoms with Crippen molar-refractivity contribution in [3.63, 3.8) is 0 Å². The van der Waals surface area contributed by atoms with Crippen molar-refractivity contribution in [2.75, 3.05) is 6.54 Å². The van der Waals surface area contributed by atoms with E-state index in [9.17, 15) is 4.39 Å². The van der Waals surface area contributed by atoms with Gasteiger partial charge in [-0.3, -0.25) is 0 Å². The second kappa shape index (κ2) is 7.55. The Kier molecular flexibility index (Phi) is 6.02. The van der Waals surface area contributed by atoms with Crippen molar-refractivity contribution >= 4 is 38.9 Å². The van der Waals surface area contributed by atoms with Gasteiger partial charge in [0.2, 0.25) is 0 Å². The maximum absolute atomic E-state index is 13.9. The van der Waals surface area contributed by atoms with Gasteiger partial charge in [0.05, 0.1) is 0 Å². The highest BCUT2D eigenvalue weighted by atomic mass is 79.9. The Morgan fingerprint density at radius 3 is 2.85 bits per heavy atom. The summed E-state index contributed by atoms with van der Waals surface area (Å²) in [6.45, 7) is 3.02. The summed E-state index contributed by atoms with van der Waals surface area (Å²) in [5, 5.41) is 6.08. The lowest BCUT2D eigenvalue weighted by molar-refractivity contribution is 0.518.